The molecule has 0 aromatic heterocycles. The van der Waals surface area contributed by atoms with Crippen LogP contribution in [-0.2, 0) is 32.7 Å². The molecule has 0 rings (SSSR count). The van der Waals surface area contributed by atoms with Gasteiger partial charge in [-0.1, -0.05) is 277 Å². The van der Waals surface area contributed by atoms with E-state index in [1.807, 2.05) is 21.1 Å². The Bertz CT molecular complexity index is 1750. The molecule has 0 heterocycles. The van der Waals surface area contributed by atoms with Crippen molar-refractivity contribution >= 4 is 19.8 Å². The summed E-state index contributed by atoms with van der Waals surface area (Å²) in [6, 6.07) is 0. The SMILES string of the molecule is CC/C=C\C/C=C\C/C=C\C/C=C\C/C=C\C/C=C\C/C=C\C/C=C\CCCCCCCCCCCCCCCCC(=O)OC(COC(=O)CCCCCCCCCCC/C=C\CCCCCCCC)COP(=O)(O)OCC[N+](C)(C)C. The Morgan fingerprint density at radius 3 is 1.05 bits per heavy atom. The minimum absolute atomic E-state index is 0.0285. The summed E-state index contributed by atoms with van der Waals surface area (Å²) in [7, 11) is 1.47. The fourth-order valence-corrected chi connectivity index (χ4v) is 9.89. The van der Waals surface area contributed by atoms with Crippen LogP contribution < -0.4 is 0 Å². The third-order valence-corrected chi connectivity index (χ3v) is 15.3. The molecule has 0 saturated heterocycles. The van der Waals surface area contributed by atoms with Gasteiger partial charge in [0.15, 0.2) is 6.10 Å². The van der Waals surface area contributed by atoms with Crippen LogP contribution in [0.4, 0.5) is 0 Å². The van der Waals surface area contributed by atoms with Gasteiger partial charge in [0, 0.05) is 12.8 Å². The Kier molecular flexibility index (Phi) is 59.7. The number of rotatable bonds is 61. The molecule has 0 spiro atoms. The van der Waals surface area contributed by atoms with Crippen LogP contribution in [0.25, 0.3) is 0 Å². The number of carbonyl (C=O) groups is 2. The summed E-state index contributed by atoms with van der Waals surface area (Å²) in [5, 5.41) is 0. The topological polar surface area (TPSA) is 108 Å². The predicted molar refractivity (Wildman–Crippen MR) is 353 cm³/mol. The van der Waals surface area contributed by atoms with Crippen LogP contribution in [0.1, 0.15) is 284 Å². The standard InChI is InChI=1S/C72H126NO8P/c1-6-8-10-12-14-16-18-20-22-24-26-27-28-29-30-31-32-33-34-35-36-37-38-39-40-41-42-43-44-45-47-49-51-53-55-57-59-61-63-65-72(75)81-70(69-80-82(76,77)79-67-66-73(3,4)5)68-78-71(74)64-62-60-58-56-54-52-50-48-46-25-23-21-19-17-15-13-11-9-7-2/h8,10,14,16,20-23,26-27,29-30,32-33,35-36,38-39,70H,6-7,9,11-13,15,17-19,24-25,28,31,34,37,40-69H2,1-5H3/p+1/b10-8-,16-14-,22-20-,23-21-,27-26-,30-29-,33-32-,36-35-,39-38-. The number of ether oxygens (including phenoxy) is 2. The van der Waals surface area contributed by atoms with Crippen molar-refractivity contribution in [3.8, 4) is 0 Å². The van der Waals surface area contributed by atoms with Crippen molar-refractivity contribution in [1.29, 1.82) is 0 Å². The number of unbranched alkanes of at least 4 members (excludes halogenated alkanes) is 29. The Morgan fingerprint density at radius 2 is 0.695 bits per heavy atom. The van der Waals surface area contributed by atoms with Crippen molar-refractivity contribution in [2.45, 2.75) is 290 Å². The summed E-state index contributed by atoms with van der Waals surface area (Å²) in [4.78, 5) is 35.8. The number of hydrogen-bond acceptors (Lipinski definition) is 7. The van der Waals surface area contributed by atoms with Gasteiger partial charge in [-0.25, -0.2) is 4.57 Å². The van der Waals surface area contributed by atoms with Gasteiger partial charge < -0.3 is 18.9 Å². The van der Waals surface area contributed by atoms with Gasteiger partial charge in [0.2, 0.25) is 0 Å². The van der Waals surface area contributed by atoms with E-state index in [0.717, 1.165) is 89.9 Å². The zero-order valence-electron chi connectivity index (χ0n) is 53.7. The quantitative estimate of drug-likeness (QED) is 0.0211. The molecule has 0 bridgehead atoms. The van der Waals surface area contributed by atoms with Crippen LogP contribution in [0.5, 0.6) is 0 Å². The lowest BCUT2D eigenvalue weighted by atomic mass is 10.0. The monoisotopic (exact) mass is 1160 g/mol. The van der Waals surface area contributed by atoms with E-state index in [0.29, 0.717) is 17.4 Å². The summed E-state index contributed by atoms with van der Waals surface area (Å²) >= 11 is 0. The molecule has 0 fully saturated rings. The van der Waals surface area contributed by atoms with Crippen LogP contribution in [0.3, 0.4) is 0 Å². The van der Waals surface area contributed by atoms with Gasteiger partial charge in [-0.15, -0.1) is 0 Å². The van der Waals surface area contributed by atoms with E-state index in [-0.39, 0.29) is 32.0 Å². The molecule has 0 saturated carbocycles. The Morgan fingerprint density at radius 1 is 0.390 bits per heavy atom. The summed E-state index contributed by atoms with van der Waals surface area (Å²) < 4.78 is 34.7. The molecule has 2 unspecified atom stereocenters. The Labute approximate surface area is 506 Å². The number of allylic oxidation sites excluding steroid dienone is 18. The number of hydrogen-bond donors (Lipinski definition) is 1. The van der Waals surface area contributed by atoms with Gasteiger partial charge in [0.1, 0.15) is 19.8 Å². The first kappa shape index (κ1) is 78.7. The Hall–Kier alpha value is -3.33. The minimum atomic E-state index is -4.39. The summed E-state index contributed by atoms with van der Waals surface area (Å²) in [5.41, 5.74) is 0. The molecule has 2 atom stereocenters. The lowest BCUT2D eigenvalue weighted by Crippen LogP contribution is -2.37. The van der Waals surface area contributed by atoms with Crippen molar-refractivity contribution in [3.05, 3.63) is 109 Å². The highest BCUT2D eigenvalue weighted by molar-refractivity contribution is 7.47. The maximum atomic E-state index is 12.9. The number of quaternary nitrogens is 1. The fourth-order valence-electron chi connectivity index (χ4n) is 9.15. The third-order valence-electron chi connectivity index (χ3n) is 14.3. The number of phosphoric ester groups is 1. The molecule has 0 aliphatic carbocycles. The molecule has 0 aromatic carbocycles. The molecule has 472 valence electrons. The number of phosphoric acid groups is 1. The molecule has 1 N–H and O–H groups in total. The van der Waals surface area contributed by atoms with Gasteiger partial charge >= 0.3 is 19.8 Å². The average Bonchev–Trinajstić information content (AvgIpc) is 3.46. The number of nitrogens with zero attached hydrogens (tertiary/aromatic N) is 1. The normalized spacial score (nSPS) is 13.9. The van der Waals surface area contributed by atoms with Gasteiger partial charge in [0.05, 0.1) is 27.7 Å². The largest absolute Gasteiger partial charge is 0.472 e. The zero-order chi connectivity index (χ0) is 59.8. The second-order valence-corrected chi connectivity index (χ2v) is 24.9. The van der Waals surface area contributed by atoms with Gasteiger partial charge in [-0.05, 0) is 103 Å². The van der Waals surface area contributed by atoms with E-state index in [1.165, 1.54) is 161 Å². The van der Waals surface area contributed by atoms with Gasteiger partial charge in [-0.3, -0.25) is 18.6 Å². The molecule has 10 heteroatoms. The fraction of sp³-hybridized carbons (Fsp3) is 0.722. The van der Waals surface area contributed by atoms with E-state index < -0.39 is 26.5 Å². The molecule has 9 nitrogen and oxygen atoms in total. The maximum absolute atomic E-state index is 12.9. The molecule has 0 aromatic rings. The first-order valence-electron chi connectivity index (χ1n) is 33.6. The minimum Gasteiger partial charge on any atom is -0.462 e. The van der Waals surface area contributed by atoms with Gasteiger partial charge in [0.25, 0.3) is 0 Å². The summed E-state index contributed by atoms with van der Waals surface area (Å²) in [5.74, 6) is -0.796. The smallest absolute Gasteiger partial charge is 0.462 e. The molecule has 82 heavy (non-hydrogen) atoms. The molecular weight excluding hydrogens is 1040 g/mol. The summed E-state index contributed by atoms with van der Waals surface area (Å²) in [6.45, 7) is 4.33. The molecule has 0 radical (unpaired) electrons. The van der Waals surface area contributed by atoms with Crippen LogP contribution >= 0.6 is 7.82 Å². The second-order valence-electron chi connectivity index (χ2n) is 23.5. The van der Waals surface area contributed by atoms with Crippen LogP contribution in [0.2, 0.25) is 0 Å². The van der Waals surface area contributed by atoms with Crippen molar-refractivity contribution in [2.75, 3.05) is 47.5 Å². The molecule has 0 amide bonds. The molecule has 0 aliphatic rings. The van der Waals surface area contributed by atoms with Crippen molar-refractivity contribution < 1.29 is 42.1 Å². The van der Waals surface area contributed by atoms with E-state index in [9.17, 15) is 19.0 Å². The Balaban J connectivity index is 4.04. The third kappa shape index (κ3) is 65.8. The van der Waals surface area contributed by atoms with E-state index in [1.54, 1.807) is 0 Å². The predicted octanol–water partition coefficient (Wildman–Crippen LogP) is 21.7. The average molecular weight is 1170 g/mol. The second kappa shape index (κ2) is 62.2. The molecule has 0 aliphatic heterocycles. The van der Waals surface area contributed by atoms with Crippen molar-refractivity contribution in [1.82, 2.24) is 0 Å². The van der Waals surface area contributed by atoms with Gasteiger partial charge in [-0.2, -0.15) is 0 Å². The number of likely N-dealkylation sites (N-methyl/N-ethyl adjacent to an activating group) is 1. The van der Waals surface area contributed by atoms with Crippen LogP contribution in [0.15, 0.2) is 109 Å². The number of esters is 2. The van der Waals surface area contributed by atoms with Crippen molar-refractivity contribution in [3.63, 3.8) is 0 Å². The van der Waals surface area contributed by atoms with E-state index in [2.05, 4.69) is 123 Å². The summed E-state index contributed by atoms with van der Waals surface area (Å²) in [6.07, 6.45) is 87.5. The highest BCUT2D eigenvalue weighted by Gasteiger charge is 2.27. The van der Waals surface area contributed by atoms with Crippen LogP contribution in [0, 0.1) is 0 Å². The first-order chi connectivity index (χ1) is 40.0. The number of carbonyl (C=O) groups excluding carboxylic acids is 2. The van der Waals surface area contributed by atoms with Crippen molar-refractivity contribution in [2.24, 2.45) is 0 Å². The highest BCUT2D eigenvalue weighted by atomic mass is 31.2. The maximum Gasteiger partial charge on any atom is 0.472 e. The lowest BCUT2D eigenvalue weighted by Gasteiger charge is -2.24. The lowest BCUT2D eigenvalue weighted by molar-refractivity contribution is -0.870. The molecular formula is C72H127NO8P+. The first-order valence-corrected chi connectivity index (χ1v) is 35.1. The van der Waals surface area contributed by atoms with Crippen LogP contribution in [-0.4, -0.2) is 74.9 Å². The van der Waals surface area contributed by atoms with E-state index >= 15 is 0 Å². The zero-order valence-corrected chi connectivity index (χ0v) is 54.6. The highest BCUT2D eigenvalue weighted by Crippen LogP contribution is 2.43. The van der Waals surface area contributed by atoms with E-state index in [4.69, 9.17) is 18.5 Å².